The molecule has 2 aliphatic rings. The van der Waals surface area contributed by atoms with Gasteiger partial charge >= 0.3 is 0 Å². The molecule has 0 bridgehead atoms. The van der Waals surface area contributed by atoms with Crippen LogP contribution in [0.3, 0.4) is 0 Å². The average Bonchev–Trinajstić information content (AvgIpc) is 3.32. The molecule has 4 aromatic carbocycles. The molecule has 0 radical (unpaired) electrons. The minimum absolute atomic E-state index is 0.179. The van der Waals surface area contributed by atoms with E-state index in [1.807, 2.05) is 60.7 Å². The summed E-state index contributed by atoms with van der Waals surface area (Å²) in [5.41, 5.74) is -1.04. The third kappa shape index (κ3) is 3.82. The first-order chi connectivity index (χ1) is 17.3. The minimum Gasteiger partial charge on any atom is -0.358 e. The molecule has 1 spiro atoms. The van der Waals surface area contributed by atoms with E-state index in [1.165, 1.54) is 8.61 Å². The Balaban J connectivity index is 1.26. The molecule has 4 aromatic rings. The molecule has 2 heterocycles. The van der Waals surface area contributed by atoms with Gasteiger partial charge in [0, 0.05) is 32.5 Å². The number of benzene rings is 4. The van der Waals surface area contributed by atoms with Gasteiger partial charge in [-0.2, -0.15) is 8.61 Å². The number of fused-ring (bicyclic) bond motifs is 2. The first-order valence-corrected chi connectivity index (χ1v) is 14.8. The topological polar surface area (TPSA) is 84.0 Å². The van der Waals surface area contributed by atoms with Gasteiger partial charge in [-0.1, -0.05) is 60.7 Å². The van der Waals surface area contributed by atoms with Gasteiger partial charge in [-0.3, -0.25) is 0 Å². The van der Waals surface area contributed by atoms with Crippen LogP contribution in [0.1, 0.15) is 12.8 Å². The molecule has 0 unspecified atom stereocenters. The Labute approximate surface area is 211 Å². The number of sulfonamides is 2. The SMILES string of the molecule is O=S(=O)(c1ccc2ccccc2c1)N1CCC2(CC1)OCCN2S(=O)(=O)c1ccc2ccccc2c1. The third-order valence-corrected chi connectivity index (χ3v) is 11.1. The molecule has 0 aliphatic carbocycles. The molecule has 0 aromatic heterocycles. The van der Waals surface area contributed by atoms with Crippen molar-refractivity contribution < 1.29 is 21.6 Å². The van der Waals surface area contributed by atoms with Crippen molar-refractivity contribution in [2.24, 2.45) is 0 Å². The lowest BCUT2D eigenvalue weighted by Gasteiger charge is -2.42. The monoisotopic (exact) mass is 522 g/mol. The van der Waals surface area contributed by atoms with Crippen LogP contribution in [0.4, 0.5) is 0 Å². The summed E-state index contributed by atoms with van der Waals surface area (Å²) in [7, 11) is -7.55. The molecule has 2 aliphatic heterocycles. The molecule has 36 heavy (non-hydrogen) atoms. The molecule has 2 saturated heterocycles. The summed E-state index contributed by atoms with van der Waals surface area (Å²) < 4.78 is 63.1. The van der Waals surface area contributed by atoms with Crippen molar-refractivity contribution in [1.82, 2.24) is 8.61 Å². The second kappa shape index (κ2) is 8.64. The third-order valence-electron chi connectivity index (χ3n) is 7.29. The number of piperidine rings is 1. The highest BCUT2D eigenvalue weighted by Crippen LogP contribution is 2.40. The van der Waals surface area contributed by atoms with Gasteiger partial charge in [-0.05, 0) is 45.8 Å². The van der Waals surface area contributed by atoms with Crippen molar-refractivity contribution in [1.29, 1.82) is 0 Å². The zero-order valence-corrected chi connectivity index (χ0v) is 21.2. The zero-order chi connectivity index (χ0) is 25.0. The van der Waals surface area contributed by atoms with Gasteiger partial charge < -0.3 is 4.74 Å². The maximum Gasteiger partial charge on any atom is 0.245 e. The Morgan fingerprint density at radius 3 is 1.67 bits per heavy atom. The van der Waals surface area contributed by atoms with Crippen LogP contribution < -0.4 is 0 Å². The summed E-state index contributed by atoms with van der Waals surface area (Å²) in [6.07, 6.45) is 0.541. The lowest BCUT2D eigenvalue weighted by Crippen LogP contribution is -2.55. The Kier molecular flexibility index (Phi) is 5.66. The van der Waals surface area contributed by atoms with Crippen LogP contribution in [-0.2, 0) is 24.8 Å². The van der Waals surface area contributed by atoms with E-state index in [0.717, 1.165) is 21.5 Å². The van der Waals surface area contributed by atoms with Crippen LogP contribution in [0.15, 0.2) is 94.7 Å². The van der Waals surface area contributed by atoms with Gasteiger partial charge in [-0.25, -0.2) is 16.8 Å². The summed E-state index contributed by atoms with van der Waals surface area (Å²) in [4.78, 5) is 0.461. The summed E-state index contributed by atoms with van der Waals surface area (Å²) in [6.45, 7) is 0.884. The van der Waals surface area contributed by atoms with Crippen LogP contribution >= 0.6 is 0 Å². The highest BCUT2D eigenvalue weighted by Gasteiger charge is 2.51. The normalized spacial score (nSPS) is 19.3. The molecule has 2 fully saturated rings. The Morgan fingerprint density at radius 2 is 1.11 bits per heavy atom. The predicted octanol–water partition coefficient (Wildman–Crippen LogP) is 4.19. The van der Waals surface area contributed by atoms with Crippen LogP contribution in [0, 0.1) is 0 Å². The second-order valence-corrected chi connectivity index (χ2v) is 13.1. The fourth-order valence-electron chi connectivity index (χ4n) is 5.34. The van der Waals surface area contributed by atoms with E-state index >= 15 is 0 Å². The van der Waals surface area contributed by atoms with E-state index in [2.05, 4.69) is 0 Å². The number of nitrogens with zero attached hydrogens (tertiary/aromatic N) is 2. The van der Waals surface area contributed by atoms with Gasteiger partial charge in [0.05, 0.1) is 16.4 Å². The predicted molar refractivity (Wildman–Crippen MR) is 138 cm³/mol. The van der Waals surface area contributed by atoms with E-state index in [4.69, 9.17) is 4.74 Å². The maximum atomic E-state index is 13.7. The highest BCUT2D eigenvalue weighted by atomic mass is 32.2. The smallest absolute Gasteiger partial charge is 0.245 e. The Bertz CT molecular complexity index is 1680. The standard InChI is InChI=1S/C27H26N2O5S2/c30-35(31,25-11-9-21-5-1-3-7-23(21)19-25)28-15-13-27(14-16-28)29(17-18-34-27)36(32,33)26-12-10-22-6-2-4-8-24(22)20-26/h1-12,19-20H,13-18H2. The summed E-state index contributed by atoms with van der Waals surface area (Å²) >= 11 is 0. The average molecular weight is 523 g/mol. The van der Waals surface area contributed by atoms with Crippen molar-refractivity contribution in [3.8, 4) is 0 Å². The van der Waals surface area contributed by atoms with Crippen LogP contribution in [0.25, 0.3) is 21.5 Å². The van der Waals surface area contributed by atoms with Crippen molar-refractivity contribution in [3.63, 3.8) is 0 Å². The second-order valence-electron chi connectivity index (χ2n) is 9.29. The van der Waals surface area contributed by atoms with Crippen molar-refractivity contribution in [2.75, 3.05) is 26.2 Å². The van der Waals surface area contributed by atoms with Crippen LogP contribution in [-0.4, -0.2) is 57.4 Å². The fraction of sp³-hybridized carbons (Fsp3) is 0.259. The number of hydrogen-bond acceptors (Lipinski definition) is 5. The molecule has 7 nitrogen and oxygen atoms in total. The van der Waals surface area contributed by atoms with Gasteiger partial charge in [0.2, 0.25) is 20.0 Å². The zero-order valence-electron chi connectivity index (χ0n) is 19.6. The molecule has 0 N–H and O–H groups in total. The highest BCUT2D eigenvalue weighted by molar-refractivity contribution is 7.89. The number of ether oxygens (including phenoxy) is 1. The van der Waals surface area contributed by atoms with E-state index in [1.54, 1.807) is 24.3 Å². The van der Waals surface area contributed by atoms with Gasteiger partial charge in [0.1, 0.15) is 5.72 Å². The van der Waals surface area contributed by atoms with Gasteiger partial charge in [-0.15, -0.1) is 0 Å². The van der Waals surface area contributed by atoms with E-state index in [9.17, 15) is 16.8 Å². The van der Waals surface area contributed by atoms with Crippen molar-refractivity contribution >= 4 is 41.6 Å². The lowest BCUT2D eigenvalue weighted by molar-refractivity contribution is -0.0806. The van der Waals surface area contributed by atoms with Gasteiger partial charge in [0.25, 0.3) is 0 Å². The molecule has 6 rings (SSSR count). The first kappa shape index (κ1) is 23.6. The fourth-order valence-corrected chi connectivity index (χ4v) is 8.57. The summed E-state index contributed by atoms with van der Waals surface area (Å²) in [5.74, 6) is 0. The molecular weight excluding hydrogens is 496 g/mol. The first-order valence-electron chi connectivity index (χ1n) is 11.9. The van der Waals surface area contributed by atoms with Gasteiger partial charge in [0.15, 0.2) is 0 Å². The van der Waals surface area contributed by atoms with Crippen molar-refractivity contribution in [3.05, 3.63) is 84.9 Å². The van der Waals surface area contributed by atoms with E-state index in [-0.39, 0.29) is 48.9 Å². The molecular formula is C27H26N2O5S2. The summed E-state index contributed by atoms with van der Waals surface area (Å²) in [6, 6.07) is 25.5. The number of rotatable bonds is 4. The molecule has 186 valence electrons. The molecule has 9 heteroatoms. The summed E-state index contributed by atoms with van der Waals surface area (Å²) in [5, 5.41) is 3.65. The largest absolute Gasteiger partial charge is 0.358 e. The number of hydrogen-bond donors (Lipinski definition) is 0. The lowest BCUT2D eigenvalue weighted by atomic mass is 10.0. The van der Waals surface area contributed by atoms with Crippen LogP contribution in [0.5, 0.6) is 0 Å². The van der Waals surface area contributed by atoms with Crippen LogP contribution in [0.2, 0.25) is 0 Å². The van der Waals surface area contributed by atoms with E-state index in [0.29, 0.717) is 0 Å². The maximum absolute atomic E-state index is 13.7. The molecule has 0 saturated carbocycles. The quantitative estimate of drug-likeness (QED) is 0.401. The van der Waals surface area contributed by atoms with E-state index < -0.39 is 25.8 Å². The minimum atomic E-state index is -3.83. The van der Waals surface area contributed by atoms with Crippen molar-refractivity contribution in [2.45, 2.75) is 28.4 Å². The Morgan fingerprint density at radius 1 is 0.611 bits per heavy atom. The Hall–Kier alpha value is -2.82. The molecule has 0 atom stereocenters. The molecule has 0 amide bonds.